The second-order valence-corrected chi connectivity index (χ2v) is 2.20. The van der Waals surface area contributed by atoms with E-state index in [-0.39, 0.29) is 6.42 Å². The topological polar surface area (TPSA) is 74.6 Å². The summed E-state index contributed by atoms with van der Waals surface area (Å²) >= 11 is 0. The fourth-order valence-corrected chi connectivity index (χ4v) is 0.752. The van der Waals surface area contributed by atoms with E-state index in [4.69, 9.17) is 18.1 Å². The van der Waals surface area contributed by atoms with E-state index in [9.17, 15) is 9.59 Å². The summed E-state index contributed by atoms with van der Waals surface area (Å²) in [6, 6.07) is 0. The van der Waals surface area contributed by atoms with Crippen LogP contribution in [0.3, 0.4) is 0 Å². The first-order chi connectivity index (χ1) is 5.00. The second kappa shape index (κ2) is 4.13. The Kier molecular flexibility index (Phi) is 3.82. The normalized spacial score (nSPS) is 15.5. The van der Waals surface area contributed by atoms with E-state index in [2.05, 4.69) is 0 Å². The molecule has 0 saturated heterocycles. The Balaban J connectivity index is 4.25. The molecular weight excluding hydrogens is 147 g/mol. The molecule has 0 aromatic heterocycles. The molecule has 2 N–H and O–H groups in total. The standard InChI is InChI=1S/C6H9BO4/c1-2-3(5(7)9)4(8)6(10)11/h3-4,8H,2H2,1H3,(H,10,11). The zero-order valence-corrected chi connectivity index (χ0v) is 6.15. The molecule has 0 bridgehead atoms. The van der Waals surface area contributed by atoms with Crippen LogP contribution in [0.1, 0.15) is 13.3 Å². The zero-order valence-electron chi connectivity index (χ0n) is 6.15. The molecule has 2 atom stereocenters. The number of carbonyl (C=O) groups is 2. The summed E-state index contributed by atoms with van der Waals surface area (Å²) in [7, 11) is 4.82. The van der Waals surface area contributed by atoms with Crippen LogP contribution in [0.15, 0.2) is 0 Å². The van der Waals surface area contributed by atoms with Gasteiger partial charge in [-0.15, -0.1) is 0 Å². The lowest BCUT2D eigenvalue weighted by molar-refractivity contribution is -0.151. The van der Waals surface area contributed by atoms with Gasteiger partial charge in [0.15, 0.2) is 14.0 Å². The number of rotatable bonds is 4. The van der Waals surface area contributed by atoms with Crippen LogP contribution in [0.25, 0.3) is 0 Å². The lowest BCUT2D eigenvalue weighted by atomic mass is 9.83. The average molecular weight is 156 g/mol. The van der Waals surface area contributed by atoms with Crippen molar-refractivity contribution in [2.75, 3.05) is 0 Å². The maximum absolute atomic E-state index is 10.5. The van der Waals surface area contributed by atoms with Gasteiger partial charge in [0.05, 0.1) is 5.68 Å². The number of aliphatic hydroxyl groups excluding tert-OH is 1. The first kappa shape index (κ1) is 10.2. The molecule has 0 aromatic carbocycles. The molecule has 0 heterocycles. The van der Waals surface area contributed by atoms with Crippen molar-refractivity contribution in [2.24, 2.45) is 5.92 Å². The quantitative estimate of drug-likeness (QED) is 0.520. The van der Waals surface area contributed by atoms with Crippen LogP contribution in [0.4, 0.5) is 0 Å². The van der Waals surface area contributed by atoms with E-state index in [1.807, 2.05) is 0 Å². The predicted molar refractivity (Wildman–Crippen MR) is 38.2 cm³/mol. The lowest BCUT2D eigenvalue weighted by Crippen LogP contribution is -2.34. The summed E-state index contributed by atoms with van der Waals surface area (Å²) in [6.45, 7) is 1.58. The second-order valence-electron chi connectivity index (χ2n) is 2.20. The van der Waals surface area contributed by atoms with Crippen molar-refractivity contribution in [2.45, 2.75) is 19.4 Å². The Morgan fingerprint density at radius 1 is 1.55 bits per heavy atom. The van der Waals surface area contributed by atoms with E-state index in [1.165, 1.54) is 0 Å². The van der Waals surface area contributed by atoms with Crippen LogP contribution >= 0.6 is 0 Å². The summed E-state index contributed by atoms with van der Waals surface area (Å²) in [4.78, 5) is 20.6. The third-order valence-electron chi connectivity index (χ3n) is 1.44. The molecule has 0 rings (SSSR count). The number of aliphatic hydroxyl groups is 1. The van der Waals surface area contributed by atoms with Gasteiger partial charge in [0, 0.05) is 5.92 Å². The third-order valence-corrected chi connectivity index (χ3v) is 1.44. The zero-order chi connectivity index (χ0) is 9.02. The van der Waals surface area contributed by atoms with Crippen LogP contribution in [0, 0.1) is 5.92 Å². The van der Waals surface area contributed by atoms with E-state index >= 15 is 0 Å². The van der Waals surface area contributed by atoms with E-state index in [0.717, 1.165) is 0 Å². The van der Waals surface area contributed by atoms with Crippen molar-refractivity contribution >= 4 is 19.5 Å². The maximum Gasteiger partial charge on any atom is 0.333 e. The van der Waals surface area contributed by atoms with Crippen molar-refractivity contribution in [3.63, 3.8) is 0 Å². The van der Waals surface area contributed by atoms with Gasteiger partial charge in [-0.1, -0.05) is 6.92 Å². The van der Waals surface area contributed by atoms with Gasteiger partial charge in [-0.3, -0.25) is 0 Å². The number of carbonyl (C=O) groups excluding carboxylic acids is 1. The summed E-state index contributed by atoms with van der Waals surface area (Å²) in [5.74, 6) is -2.41. The molecule has 0 spiro atoms. The molecule has 5 heteroatoms. The maximum atomic E-state index is 10.5. The number of hydrogen-bond acceptors (Lipinski definition) is 3. The molecule has 0 amide bonds. The predicted octanol–water partition coefficient (Wildman–Crippen LogP) is -0.847. The monoisotopic (exact) mass is 156 g/mol. The summed E-state index contributed by atoms with van der Waals surface area (Å²) in [6.07, 6.45) is -1.46. The number of carboxylic acids is 1. The molecule has 11 heavy (non-hydrogen) atoms. The smallest absolute Gasteiger partial charge is 0.333 e. The lowest BCUT2D eigenvalue weighted by Gasteiger charge is -2.14. The van der Waals surface area contributed by atoms with Gasteiger partial charge in [0.25, 0.3) is 0 Å². The fourth-order valence-electron chi connectivity index (χ4n) is 0.752. The Labute approximate surface area is 65.6 Å². The summed E-state index contributed by atoms with van der Waals surface area (Å²) in [5, 5.41) is 17.1. The first-order valence-electron chi connectivity index (χ1n) is 3.20. The van der Waals surface area contributed by atoms with E-state index in [1.54, 1.807) is 6.92 Å². The van der Waals surface area contributed by atoms with Crippen molar-refractivity contribution in [1.29, 1.82) is 0 Å². The van der Waals surface area contributed by atoms with Crippen molar-refractivity contribution < 1.29 is 19.8 Å². The third kappa shape index (κ3) is 2.71. The number of aliphatic carboxylic acids is 1. The van der Waals surface area contributed by atoms with Gasteiger partial charge in [0.1, 0.15) is 0 Å². The Morgan fingerprint density at radius 2 is 2.00 bits per heavy atom. The molecule has 0 aromatic rings. The molecule has 2 unspecified atom stereocenters. The van der Waals surface area contributed by atoms with Gasteiger partial charge in [0.2, 0.25) is 0 Å². The van der Waals surface area contributed by atoms with Gasteiger partial charge < -0.3 is 15.0 Å². The first-order valence-corrected chi connectivity index (χ1v) is 3.20. The highest BCUT2D eigenvalue weighted by molar-refractivity contribution is 6.58. The molecule has 0 aliphatic carbocycles. The van der Waals surface area contributed by atoms with Gasteiger partial charge in [-0.05, 0) is 6.42 Å². The molecular formula is C6H9BO4. The van der Waals surface area contributed by atoms with Crippen molar-refractivity contribution in [3.8, 4) is 0 Å². The summed E-state index contributed by atoms with van der Waals surface area (Å²) in [5.41, 5.74) is -0.789. The minimum absolute atomic E-state index is 0.225. The highest BCUT2D eigenvalue weighted by atomic mass is 16.4. The largest absolute Gasteiger partial charge is 0.479 e. The molecule has 60 valence electrons. The van der Waals surface area contributed by atoms with Gasteiger partial charge >= 0.3 is 5.97 Å². The Morgan fingerprint density at radius 3 is 2.09 bits per heavy atom. The van der Waals surface area contributed by atoms with Crippen LogP contribution in [-0.2, 0) is 9.59 Å². The molecule has 0 saturated carbocycles. The Bertz CT molecular complexity index is 168. The van der Waals surface area contributed by atoms with Crippen molar-refractivity contribution in [3.05, 3.63) is 0 Å². The highest BCUT2D eigenvalue weighted by Crippen LogP contribution is 2.08. The molecule has 4 nitrogen and oxygen atoms in total. The van der Waals surface area contributed by atoms with Crippen LogP contribution in [0.2, 0.25) is 0 Å². The molecule has 2 radical (unpaired) electrons. The number of hydrogen-bond donors (Lipinski definition) is 2. The minimum atomic E-state index is -1.68. The van der Waals surface area contributed by atoms with Crippen LogP contribution in [0.5, 0.6) is 0 Å². The molecule has 0 aliphatic rings. The minimum Gasteiger partial charge on any atom is -0.479 e. The summed E-state index contributed by atoms with van der Waals surface area (Å²) < 4.78 is 0. The fraction of sp³-hybridized carbons (Fsp3) is 0.667. The van der Waals surface area contributed by atoms with Gasteiger partial charge in [-0.25, -0.2) is 4.79 Å². The average Bonchev–Trinajstić information content (AvgIpc) is 1.88. The van der Waals surface area contributed by atoms with E-state index < -0.39 is 23.7 Å². The highest BCUT2D eigenvalue weighted by Gasteiger charge is 2.26. The number of carboxylic acid groups (broad SMARTS) is 1. The van der Waals surface area contributed by atoms with Crippen molar-refractivity contribution in [1.82, 2.24) is 0 Å². The van der Waals surface area contributed by atoms with E-state index in [0.29, 0.717) is 0 Å². The van der Waals surface area contributed by atoms with Gasteiger partial charge in [-0.2, -0.15) is 0 Å². The Hall–Kier alpha value is -0.835. The molecule has 0 fully saturated rings. The molecule has 0 aliphatic heterocycles. The van der Waals surface area contributed by atoms with Crippen LogP contribution in [-0.4, -0.2) is 35.8 Å². The SMILES string of the molecule is [B]C(=O)C(CC)C(O)C(=O)O. The van der Waals surface area contributed by atoms with Crippen LogP contribution < -0.4 is 0 Å².